The summed E-state index contributed by atoms with van der Waals surface area (Å²) in [5.74, 6) is -2.56. The van der Waals surface area contributed by atoms with Crippen LogP contribution in [0.5, 0.6) is 0 Å². The van der Waals surface area contributed by atoms with Crippen molar-refractivity contribution in [3.8, 4) is 0 Å². The van der Waals surface area contributed by atoms with Gasteiger partial charge in [-0.2, -0.15) is 0 Å². The first-order valence-electron chi connectivity index (χ1n) is 6.51. The molecule has 124 valence electrons. The summed E-state index contributed by atoms with van der Waals surface area (Å²) in [6.45, 7) is 4.40. The SMILES string of the molecule is CC(=O)OC[C@H]1O[C@@H](OC(C)=O)[C@H](OC(C)=O)[C@H]1OC(C)=O. The largest absolute Gasteiger partial charge is 0.463 e. The monoisotopic (exact) mass is 318 g/mol. The molecule has 0 aromatic rings. The van der Waals surface area contributed by atoms with Crippen LogP contribution in [-0.4, -0.2) is 55.1 Å². The lowest BCUT2D eigenvalue weighted by Crippen LogP contribution is -2.42. The highest BCUT2D eigenvalue weighted by Gasteiger charge is 2.51. The third-order valence-electron chi connectivity index (χ3n) is 2.60. The second-order valence-corrected chi connectivity index (χ2v) is 4.60. The van der Waals surface area contributed by atoms with Crippen LogP contribution in [0.1, 0.15) is 27.7 Å². The minimum absolute atomic E-state index is 0.247. The molecule has 0 unspecified atom stereocenters. The van der Waals surface area contributed by atoms with Crippen LogP contribution in [0.15, 0.2) is 0 Å². The van der Waals surface area contributed by atoms with Crippen molar-refractivity contribution in [2.45, 2.75) is 52.3 Å². The fraction of sp³-hybridized carbons (Fsp3) is 0.692. The first-order chi connectivity index (χ1) is 10.2. The van der Waals surface area contributed by atoms with E-state index in [1.54, 1.807) is 0 Å². The summed E-state index contributed by atoms with van der Waals surface area (Å²) in [4.78, 5) is 44.4. The highest BCUT2D eigenvalue weighted by atomic mass is 16.8. The van der Waals surface area contributed by atoms with E-state index in [0.717, 1.165) is 20.8 Å². The Morgan fingerprint density at radius 1 is 0.773 bits per heavy atom. The number of hydrogen-bond donors (Lipinski definition) is 0. The fourth-order valence-corrected chi connectivity index (χ4v) is 1.93. The van der Waals surface area contributed by atoms with Gasteiger partial charge in [-0.1, -0.05) is 0 Å². The Labute approximate surface area is 126 Å². The van der Waals surface area contributed by atoms with Gasteiger partial charge in [0.25, 0.3) is 0 Å². The van der Waals surface area contributed by atoms with Gasteiger partial charge in [-0.05, 0) is 0 Å². The lowest BCUT2D eigenvalue weighted by molar-refractivity contribution is -0.197. The quantitative estimate of drug-likeness (QED) is 0.497. The molecule has 1 heterocycles. The van der Waals surface area contributed by atoms with Gasteiger partial charge in [0, 0.05) is 27.7 Å². The molecule has 0 spiro atoms. The molecule has 0 aromatic carbocycles. The van der Waals surface area contributed by atoms with Crippen molar-refractivity contribution in [3.63, 3.8) is 0 Å². The Kier molecular flexibility index (Phi) is 6.29. The topological polar surface area (TPSA) is 114 Å². The summed E-state index contributed by atoms with van der Waals surface area (Å²) in [6, 6.07) is 0. The molecule has 0 N–H and O–H groups in total. The maximum absolute atomic E-state index is 11.2. The van der Waals surface area contributed by atoms with Crippen molar-refractivity contribution in [2.24, 2.45) is 0 Å². The third-order valence-corrected chi connectivity index (χ3v) is 2.60. The zero-order valence-electron chi connectivity index (χ0n) is 12.7. The maximum atomic E-state index is 11.2. The van der Waals surface area contributed by atoms with E-state index in [0.29, 0.717) is 0 Å². The summed E-state index contributed by atoms with van der Waals surface area (Å²) in [7, 11) is 0. The van der Waals surface area contributed by atoms with E-state index in [4.69, 9.17) is 23.7 Å². The zero-order chi connectivity index (χ0) is 16.9. The first-order valence-corrected chi connectivity index (χ1v) is 6.51. The Morgan fingerprint density at radius 2 is 1.27 bits per heavy atom. The van der Waals surface area contributed by atoms with Crippen LogP contribution in [0.2, 0.25) is 0 Å². The van der Waals surface area contributed by atoms with Crippen LogP contribution in [0, 0.1) is 0 Å². The molecule has 1 rings (SSSR count). The molecule has 0 radical (unpaired) electrons. The van der Waals surface area contributed by atoms with Gasteiger partial charge < -0.3 is 23.7 Å². The van der Waals surface area contributed by atoms with Crippen molar-refractivity contribution < 1.29 is 42.9 Å². The Bertz CT molecular complexity index is 458. The van der Waals surface area contributed by atoms with Crippen molar-refractivity contribution in [3.05, 3.63) is 0 Å². The molecule has 0 aromatic heterocycles. The molecule has 1 fully saturated rings. The molecule has 0 aliphatic carbocycles. The molecule has 22 heavy (non-hydrogen) atoms. The Balaban J connectivity index is 2.94. The predicted molar refractivity (Wildman–Crippen MR) is 68.2 cm³/mol. The third kappa shape index (κ3) is 5.32. The van der Waals surface area contributed by atoms with Gasteiger partial charge in [-0.15, -0.1) is 0 Å². The van der Waals surface area contributed by atoms with E-state index in [1.165, 1.54) is 6.92 Å². The lowest BCUT2D eigenvalue weighted by atomic mass is 10.1. The maximum Gasteiger partial charge on any atom is 0.305 e. The zero-order valence-corrected chi connectivity index (χ0v) is 12.7. The van der Waals surface area contributed by atoms with Gasteiger partial charge in [0.05, 0.1) is 0 Å². The van der Waals surface area contributed by atoms with Gasteiger partial charge in [-0.25, -0.2) is 0 Å². The number of ether oxygens (including phenoxy) is 5. The highest BCUT2D eigenvalue weighted by molar-refractivity contribution is 5.68. The second kappa shape index (κ2) is 7.74. The van der Waals surface area contributed by atoms with Crippen molar-refractivity contribution in [2.75, 3.05) is 6.61 Å². The average Bonchev–Trinajstić information content (AvgIpc) is 2.63. The Morgan fingerprint density at radius 3 is 1.73 bits per heavy atom. The van der Waals surface area contributed by atoms with Gasteiger partial charge in [0.1, 0.15) is 12.7 Å². The van der Waals surface area contributed by atoms with Crippen molar-refractivity contribution in [1.82, 2.24) is 0 Å². The van der Waals surface area contributed by atoms with E-state index < -0.39 is 48.5 Å². The van der Waals surface area contributed by atoms with E-state index in [-0.39, 0.29) is 6.61 Å². The predicted octanol–water partition coefficient (Wildman–Crippen LogP) is -0.299. The van der Waals surface area contributed by atoms with E-state index in [2.05, 4.69) is 0 Å². The Hall–Kier alpha value is -2.16. The highest BCUT2D eigenvalue weighted by Crippen LogP contribution is 2.28. The van der Waals surface area contributed by atoms with Crippen LogP contribution in [-0.2, 0) is 42.9 Å². The molecule has 9 heteroatoms. The first kappa shape index (κ1) is 17.9. The number of carbonyl (C=O) groups is 4. The number of esters is 4. The summed E-state index contributed by atoms with van der Waals surface area (Å²) < 4.78 is 25.2. The van der Waals surface area contributed by atoms with Gasteiger partial charge in [0.2, 0.25) is 12.4 Å². The molecule has 0 bridgehead atoms. The minimum atomic E-state index is -1.26. The van der Waals surface area contributed by atoms with Crippen LogP contribution < -0.4 is 0 Å². The molecule has 1 aliphatic heterocycles. The smallest absolute Gasteiger partial charge is 0.305 e. The fourth-order valence-electron chi connectivity index (χ4n) is 1.93. The molecule has 1 saturated heterocycles. The number of hydrogen-bond acceptors (Lipinski definition) is 9. The normalized spacial score (nSPS) is 26.9. The molecule has 0 saturated carbocycles. The summed E-state index contributed by atoms with van der Waals surface area (Å²) >= 11 is 0. The van der Waals surface area contributed by atoms with E-state index >= 15 is 0 Å². The standard InChI is InChI=1S/C13H18O9/c1-6(14)18-5-10-11(19-7(2)15)12(20-8(3)16)13(22-10)21-9(4)17/h10-13H,5H2,1-4H3/t10-,11+,12-,13-/m1/s1. The van der Waals surface area contributed by atoms with E-state index in [9.17, 15) is 19.2 Å². The van der Waals surface area contributed by atoms with Crippen LogP contribution in [0.4, 0.5) is 0 Å². The molecular formula is C13H18O9. The molecule has 4 atom stereocenters. The summed E-state index contributed by atoms with van der Waals surface area (Å²) in [6.07, 6.45) is -4.40. The molecule has 0 amide bonds. The van der Waals surface area contributed by atoms with Crippen LogP contribution in [0.3, 0.4) is 0 Å². The average molecular weight is 318 g/mol. The minimum Gasteiger partial charge on any atom is -0.463 e. The molecule has 1 aliphatic rings. The van der Waals surface area contributed by atoms with Crippen LogP contribution in [0.25, 0.3) is 0 Å². The van der Waals surface area contributed by atoms with Gasteiger partial charge in [-0.3, -0.25) is 19.2 Å². The van der Waals surface area contributed by atoms with Crippen molar-refractivity contribution >= 4 is 23.9 Å². The van der Waals surface area contributed by atoms with Crippen LogP contribution >= 0.6 is 0 Å². The van der Waals surface area contributed by atoms with E-state index in [1.807, 2.05) is 0 Å². The molecule has 9 nitrogen and oxygen atoms in total. The summed E-state index contributed by atoms with van der Waals surface area (Å²) in [5, 5.41) is 0. The lowest BCUT2D eigenvalue weighted by Gasteiger charge is -2.22. The number of rotatable bonds is 5. The second-order valence-electron chi connectivity index (χ2n) is 4.60. The van der Waals surface area contributed by atoms with Gasteiger partial charge in [0.15, 0.2) is 6.10 Å². The van der Waals surface area contributed by atoms with Gasteiger partial charge >= 0.3 is 23.9 Å². The number of carbonyl (C=O) groups excluding carboxylic acids is 4. The van der Waals surface area contributed by atoms with Crippen molar-refractivity contribution in [1.29, 1.82) is 0 Å². The molecular weight excluding hydrogens is 300 g/mol. The summed E-state index contributed by atoms with van der Waals surface area (Å²) in [5.41, 5.74) is 0.